The van der Waals surface area contributed by atoms with Gasteiger partial charge >= 0.3 is 0 Å². The highest BCUT2D eigenvalue weighted by molar-refractivity contribution is 7.83. The van der Waals surface area contributed by atoms with Crippen molar-refractivity contribution in [1.29, 1.82) is 0 Å². The summed E-state index contributed by atoms with van der Waals surface area (Å²) < 4.78 is 5.46. The number of ether oxygens (including phenoxy) is 1. The van der Waals surface area contributed by atoms with Crippen molar-refractivity contribution in [2.24, 2.45) is 5.92 Å². The third-order valence-electron chi connectivity index (χ3n) is 4.56. The molecule has 0 aromatic carbocycles. The molecule has 0 aromatic heterocycles. The van der Waals surface area contributed by atoms with Crippen LogP contribution in [-0.2, 0) is 16.5 Å². The van der Waals surface area contributed by atoms with Gasteiger partial charge in [-0.15, -0.1) is 11.6 Å². The van der Waals surface area contributed by atoms with Crippen molar-refractivity contribution in [1.82, 2.24) is 4.90 Å². The molecule has 0 spiro atoms. The fourth-order valence-corrected chi connectivity index (χ4v) is 4.98. The lowest BCUT2D eigenvalue weighted by molar-refractivity contribution is 0.109. The number of allylic oxidation sites excluding steroid dienone is 2. The first-order valence-electron chi connectivity index (χ1n) is 7.15. The Morgan fingerprint density at radius 3 is 2.84 bits per heavy atom. The van der Waals surface area contributed by atoms with Crippen LogP contribution < -0.4 is 0 Å². The van der Waals surface area contributed by atoms with E-state index in [9.17, 15) is 0 Å². The Labute approximate surface area is 125 Å². The van der Waals surface area contributed by atoms with Gasteiger partial charge in [-0.25, -0.2) is 0 Å². The fraction of sp³-hybridized carbons (Fsp3) is 0.733. The molecule has 0 aromatic rings. The largest absolute Gasteiger partial charge is 0.381 e. The highest BCUT2D eigenvalue weighted by Gasteiger charge is 2.41. The highest BCUT2D eigenvalue weighted by atomic mass is 35.5. The van der Waals surface area contributed by atoms with E-state index in [4.69, 9.17) is 16.3 Å². The average molecular weight is 301 g/mol. The number of rotatable bonds is 4. The molecule has 6 atom stereocenters. The van der Waals surface area contributed by atoms with E-state index in [1.54, 1.807) is 0 Å². The molecule has 4 heteroatoms. The first-order valence-corrected chi connectivity index (χ1v) is 8.55. The van der Waals surface area contributed by atoms with E-state index in [0.717, 1.165) is 5.25 Å². The maximum atomic E-state index is 6.43. The summed E-state index contributed by atoms with van der Waals surface area (Å²) in [7, 11) is 4.01. The molecule has 1 aliphatic heterocycles. The molecule has 1 saturated heterocycles. The maximum Gasteiger partial charge on any atom is 0.149 e. The van der Waals surface area contributed by atoms with Crippen molar-refractivity contribution in [3.8, 4) is 0 Å². The van der Waals surface area contributed by atoms with Crippen LogP contribution in [-0.4, -0.2) is 48.4 Å². The van der Waals surface area contributed by atoms with Crippen LogP contribution in [0.4, 0.5) is 0 Å². The summed E-state index contributed by atoms with van der Waals surface area (Å²) in [5.74, 6) is 0.499. The standard InChI is InChI=1S/C15H22ClNOS/c1-17-9-15(17)13-8-12(5-6-14(13)16)19-11-4-3-10(7-11)18-2/h5-6,8,10-11,13-15H,3-4,7,9H2,1-2H3/p+1. The molecule has 1 heterocycles. The molecule has 3 rings (SSSR count). The summed E-state index contributed by atoms with van der Waals surface area (Å²) in [5, 5.41) is 0.939. The van der Waals surface area contributed by atoms with E-state index in [1.165, 1.54) is 42.5 Å². The number of hydrogen-bond donors (Lipinski definition) is 0. The third kappa shape index (κ3) is 3.21. The summed E-state index contributed by atoms with van der Waals surface area (Å²) in [6.07, 6.45) is 11.1. The van der Waals surface area contributed by atoms with Gasteiger partial charge in [0.25, 0.3) is 0 Å². The van der Waals surface area contributed by atoms with E-state index >= 15 is 0 Å². The number of alkyl halides is 1. The quantitative estimate of drug-likeness (QED) is 0.342. The lowest BCUT2D eigenvalue weighted by atomic mass is 9.96. The van der Waals surface area contributed by atoms with Gasteiger partial charge in [-0.05, 0) is 32.0 Å². The van der Waals surface area contributed by atoms with Gasteiger partial charge in [0.15, 0.2) is 0 Å². The molecular weight excluding hydrogens is 278 g/mol. The first kappa shape index (κ1) is 14.0. The predicted molar refractivity (Wildman–Crippen MR) is 84.0 cm³/mol. The van der Waals surface area contributed by atoms with Crippen molar-refractivity contribution in [2.75, 3.05) is 20.7 Å². The maximum absolute atomic E-state index is 6.43. The van der Waals surface area contributed by atoms with Crippen LogP contribution >= 0.6 is 11.6 Å². The zero-order valence-electron chi connectivity index (χ0n) is 11.6. The Kier molecular flexibility index (Phi) is 4.28. The molecule has 0 amide bonds. The summed E-state index contributed by atoms with van der Waals surface area (Å²) in [4.78, 5) is 3.84. The second-order valence-corrected chi connectivity index (χ2v) is 7.94. The minimum atomic E-state index is 0.171. The summed E-state index contributed by atoms with van der Waals surface area (Å²) in [6, 6.07) is 0.660. The summed E-state index contributed by atoms with van der Waals surface area (Å²) >= 11 is 7.90. The minimum absolute atomic E-state index is 0.171. The first-order chi connectivity index (χ1) is 9.17. The Morgan fingerprint density at radius 2 is 2.21 bits per heavy atom. The molecule has 0 radical (unpaired) electrons. The van der Waals surface area contributed by atoms with Gasteiger partial charge in [-0.2, -0.15) is 0 Å². The van der Waals surface area contributed by atoms with Crippen molar-refractivity contribution in [3.63, 3.8) is 0 Å². The number of hydrogen-bond acceptors (Lipinski definition) is 2. The Bertz CT molecular complexity index is 398. The van der Waals surface area contributed by atoms with Gasteiger partial charge in [0, 0.05) is 43.8 Å². The fourth-order valence-electron chi connectivity index (χ4n) is 3.20. The van der Waals surface area contributed by atoms with E-state index < -0.39 is 0 Å². The summed E-state index contributed by atoms with van der Waals surface area (Å²) in [5.41, 5.74) is 0. The Balaban J connectivity index is 1.60. The lowest BCUT2D eigenvalue weighted by Crippen LogP contribution is -2.23. The van der Waals surface area contributed by atoms with E-state index in [2.05, 4.69) is 30.2 Å². The van der Waals surface area contributed by atoms with Gasteiger partial charge in [-0.3, -0.25) is 4.90 Å². The molecular formula is C15H23ClNOS+. The van der Waals surface area contributed by atoms with Crippen molar-refractivity contribution < 1.29 is 4.74 Å². The topological polar surface area (TPSA) is 12.2 Å². The monoisotopic (exact) mass is 300 g/mol. The van der Waals surface area contributed by atoms with Gasteiger partial charge in [0.05, 0.1) is 11.5 Å². The van der Waals surface area contributed by atoms with Crippen LogP contribution in [0.3, 0.4) is 0 Å². The predicted octanol–water partition coefficient (Wildman–Crippen LogP) is 2.36. The molecule has 6 unspecified atom stereocenters. The molecule has 3 aliphatic rings. The van der Waals surface area contributed by atoms with Gasteiger partial charge in [-0.1, -0.05) is 6.08 Å². The van der Waals surface area contributed by atoms with Crippen LogP contribution in [0.1, 0.15) is 19.3 Å². The molecule has 106 valence electrons. The van der Waals surface area contributed by atoms with Crippen LogP contribution in [0, 0.1) is 5.92 Å². The van der Waals surface area contributed by atoms with Crippen molar-refractivity contribution in [3.05, 3.63) is 23.1 Å². The van der Waals surface area contributed by atoms with Crippen molar-refractivity contribution >= 4 is 23.4 Å². The molecule has 1 saturated carbocycles. The number of nitrogens with zero attached hydrogens (tertiary/aromatic N) is 1. The van der Waals surface area contributed by atoms with Crippen LogP contribution in [0.5, 0.6) is 0 Å². The van der Waals surface area contributed by atoms with Gasteiger partial charge in [0.1, 0.15) is 10.2 Å². The lowest BCUT2D eigenvalue weighted by Gasteiger charge is -2.19. The molecule has 0 bridgehead atoms. The van der Waals surface area contributed by atoms with E-state index in [-0.39, 0.29) is 5.38 Å². The number of methoxy groups -OCH3 is 1. The summed E-state index contributed by atoms with van der Waals surface area (Å²) in [6.45, 7) is 1.19. The van der Waals surface area contributed by atoms with Gasteiger partial charge in [0.2, 0.25) is 0 Å². The average Bonchev–Trinajstić information content (AvgIpc) is 2.96. The molecule has 2 nitrogen and oxygen atoms in total. The molecule has 2 fully saturated rings. The molecule has 0 N–H and O–H groups in total. The molecule has 2 aliphatic carbocycles. The normalized spacial score (nSPS) is 45.3. The zero-order valence-corrected chi connectivity index (χ0v) is 13.3. The minimum Gasteiger partial charge on any atom is -0.381 e. The van der Waals surface area contributed by atoms with Crippen LogP contribution in [0.25, 0.3) is 0 Å². The van der Waals surface area contributed by atoms with E-state index in [0.29, 0.717) is 18.1 Å². The SMILES string of the molecule is COC1CCC([SH+]C2=CC(C3CN3C)C(Cl)C=C2)C1. The van der Waals surface area contributed by atoms with Gasteiger partial charge < -0.3 is 4.74 Å². The molecule has 19 heavy (non-hydrogen) atoms. The smallest absolute Gasteiger partial charge is 0.149 e. The Hall–Kier alpha value is 0.0400. The van der Waals surface area contributed by atoms with Crippen LogP contribution in [0.2, 0.25) is 0 Å². The number of likely N-dealkylation sites (N-methyl/N-ethyl adjacent to an activating group) is 1. The van der Waals surface area contributed by atoms with E-state index in [1.807, 2.05) is 7.11 Å². The number of halogens is 1. The Morgan fingerprint density at radius 1 is 1.42 bits per heavy atom. The second kappa shape index (κ2) is 5.80. The van der Waals surface area contributed by atoms with Crippen LogP contribution in [0.15, 0.2) is 23.1 Å². The van der Waals surface area contributed by atoms with Crippen molar-refractivity contribution in [2.45, 2.75) is 42.0 Å². The third-order valence-corrected chi connectivity index (χ3v) is 6.42. The second-order valence-electron chi connectivity index (χ2n) is 5.93. The highest BCUT2D eigenvalue weighted by Crippen LogP contribution is 2.35. The number of thiol groups is 1. The zero-order chi connectivity index (χ0) is 13.4.